The van der Waals surface area contributed by atoms with Crippen molar-refractivity contribution in [3.63, 3.8) is 0 Å². The number of carbonyl (C=O) groups excluding carboxylic acids is 1. The van der Waals surface area contributed by atoms with E-state index in [4.69, 9.17) is 0 Å². The molecule has 1 aliphatic rings. The lowest BCUT2D eigenvalue weighted by Gasteiger charge is -2.33. The fraction of sp³-hybridized carbons (Fsp3) is 0.833. The van der Waals surface area contributed by atoms with Crippen LogP contribution in [0.25, 0.3) is 0 Å². The third-order valence-corrected chi connectivity index (χ3v) is 3.24. The zero-order valence-corrected chi connectivity index (χ0v) is 9.92. The van der Waals surface area contributed by atoms with Crippen molar-refractivity contribution in [3.05, 3.63) is 0 Å². The second-order valence-corrected chi connectivity index (χ2v) is 4.90. The monoisotopic (exact) mass is 208 g/mol. The van der Waals surface area contributed by atoms with Gasteiger partial charge < -0.3 is 4.90 Å². The van der Waals surface area contributed by atoms with Gasteiger partial charge in [-0.05, 0) is 31.6 Å². The summed E-state index contributed by atoms with van der Waals surface area (Å²) in [5, 5.41) is 9.23. The lowest BCUT2D eigenvalue weighted by molar-refractivity contribution is -0.134. The van der Waals surface area contributed by atoms with E-state index in [0.29, 0.717) is 12.3 Å². The molecule has 1 amide bonds. The summed E-state index contributed by atoms with van der Waals surface area (Å²) < 4.78 is 0. The molecule has 0 saturated heterocycles. The Balaban J connectivity index is 2.69. The Morgan fingerprint density at radius 1 is 1.47 bits per heavy atom. The van der Waals surface area contributed by atoms with Crippen LogP contribution >= 0.6 is 0 Å². The molecule has 0 unspecified atom stereocenters. The molecule has 3 nitrogen and oxygen atoms in total. The summed E-state index contributed by atoms with van der Waals surface area (Å²) in [6.07, 6.45) is 4.34. The lowest BCUT2D eigenvalue weighted by Crippen LogP contribution is -2.46. The molecule has 0 aromatic carbocycles. The first-order valence-electron chi connectivity index (χ1n) is 5.70. The van der Waals surface area contributed by atoms with Gasteiger partial charge in [-0.15, -0.1) is 0 Å². The van der Waals surface area contributed by atoms with Gasteiger partial charge in [0.1, 0.15) is 5.54 Å². The van der Waals surface area contributed by atoms with Crippen LogP contribution in [0.4, 0.5) is 0 Å². The van der Waals surface area contributed by atoms with E-state index < -0.39 is 5.54 Å². The van der Waals surface area contributed by atoms with Crippen molar-refractivity contribution in [1.82, 2.24) is 4.90 Å². The highest BCUT2D eigenvalue weighted by Gasteiger charge is 2.40. The molecule has 1 aliphatic carbocycles. The third-order valence-electron chi connectivity index (χ3n) is 3.24. The number of carbonyl (C=O) groups is 1. The van der Waals surface area contributed by atoms with Gasteiger partial charge in [-0.1, -0.05) is 13.8 Å². The summed E-state index contributed by atoms with van der Waals surface area (Å²) in [5.74, 6) is 0.463. The fourth-order valence-corrected chi connectivity index (χ4v) is 2.21. The predicted molar refractivity (Wildman–Crippen MR) is 59.0 cm³/mol. The highest BCUT2D eigenvalue weighted by atomic mass is 16.2. The smallest absolute Gasteiger partial charge is 0.223 e. The van der Waals surface area contributed by atoms with E-state index in [2.05, 4.69) is 6.07 Å². The molecule has 0 aromatic rings. The maximum atomic E-state index is 11.9. The summed E-state index contributed by atoms with van der Waals surface area (Å²) in [5.41, 5.74) is -0.508. The molecule has 0 bridgehead atoms. The summed E-state index contributed by atoms with van der Waals surface area (Å²) in [6, 6.07) is 2.34. The molecule has 0 atom stereocenters. The van der Waals surface area contributed by atoms with Gasteiger partial charge in [0.05, 0.1) is 6.07 Å². The zero-order valence-electron chi connectivity index (χ0n) is 9.92. The molecular weight excluding hydrogens is 188 g/mol. The first-order chi connectivity index (χ1) is 7.02. The number of hydrogen-bond donors (Lipinski definition) is 0. The molecule has 0 N–H and O–H groups in total. The van der Waals surface area contributed by atoms with E-state index in [1.165, 1.54) is 0 Å². The first-order valence-corrected chi connectivity index (χ1v) is 5.70. The minimum Gasteiger partial charge on any atom is -0.327 e. The minimum atomic E-state index is -0.508. The van der Waals surface area contributed by atoms with E-state index in [1.807, 2.05) is 13.8 Å². The zero-order chi connectivity index (χ0) is 11.5. The molecule has 1 rings (SSSR count). The Morgan fingerprint density at radius 2 is 2.00 bits per heavy atom. The van der Waals surface area contributed by atoms with Crippen molar-refractivity contribution in [3.8, 4) is 6.07 Å². The van der Waals surface area contributed by atoms with Gasteiger partial charge in [0.15, 0.2) is 0 Å². The number of hydrogen-bond acceptors (Lipinski definition) is 2. The minimum absolute atomic E-state index is 0.105. The van der Waals surface area contributed by atoms with Gasteiger partial charge in [0.25, 0.3) is 0 Å². The van der Waals surface area contributed by atoms with E-state index in [9.17, 15) is 10.1 Å². The molecule has 15 heavy (non-hydrogen) atoms. The highest BCUT2D eigenvalue weighted by Crippen LogP contribution is 2.34. The van der Waals surface area contributed by atoms with Gasteiger partial charge in [0, 0.05) is 13.5 Å². The van der Waals surface area contributed by atoms with Crippen molar-refractivity contribution >= 4 is 5.91 Å². The maximum Gasteiger partial charge on any atom is 0.223 e. The Morgan fingerprint density at radius 3 is 2.40 bits per heavy atom. The number of amides is 1. The molecule has 3 heteroatoms. The van der Waals surface area contributed by atoms with Crippen LogP contribution in [0, 0.1) is 17.2 Å². The normalized spacial score (nSPS) is 18.9. The van der Waals surface area contributed by atoms with Crippen molar-refractivity contribution in [2.45, 2.75) is 51.5 Å². The van der Waals surface area contributed by atoms with Crippen molar-refractivity contribution in [1.29, 1.82) is 5.26 Å². The average Bonchev–Trinajstić information content (AvgIpc) is 2.65. The summed E-state index contributed by atoms with van der Waals surface area (Å²) in [7, 11) is 1.78. The van der Waals surface area contributed by atoms with Gasteiger partial charge >= 0.3 is 0 Å². The van der Waals surface area contributed by atoms with Crippen molar-refractivity contribution in [2.75, 3.05) is 7.05 Å². The van der Waals surface area contributed by atoms with Crippen molar-refractivity contribution in [2.24, 2.45) is 5.92 Å². The molecule has 0 spiro atoms. The maximum absolute atomic E-state index is 11.9. The first kappa shape index (κ1) is 12.0. The molecular formula is C12H20N2O. The Kier molecular flexibility index (Phi) is 3.73. The number of nitrogens with zero attached hydrogens (tertiary/aromatic N) is 2. The molecule has 1 fully saturated rings. The van der Waals surface area contributed by atoms with Crippen LogP contribution in [0.2, 0.25) is 0 Å². The van der Waals surface area contributed by atoms with Crippen LogP contribution in [0.5, 0.6) is 0 Å². The van der Waals surface area contributed by atoms with Gasteiger partial charge in [0.2, 0.25) is 5.91 Å². The number of rotatable bonds is 3. The van der Waals surface area contributed by atoms with E-state index in [1.54, 1.807) is 11.9 Å². The predicted octanol–water partition coefficient (Wildman–Crippen LogP) is 2.33. The van der Waals surface area contributed by atoms with Crippen LogP contribution in [-0.4, -0.2) is 23.4 Å². The number of nitriles is 1. The van der Waals surface area contributed by atoms with E-state index in [-0.39, 0.29) is 5.91 Å². The SMILES string of the molecule is CC(C)CC(=O)N(C)C1(C#N)CCCC1. The Labute approximate surface area is 92.1 Å². The Hall–Kier alpha value is -1.04. The molecule has 1 saturated carbocycles. The molecule has 0 radical (unpaired) electrons. The second-order valence-electron chi connectivity index (χ2n) is 4.90. The largest absolute Gasteiger partial charge is 0.327 e. The summed E-state index contributed by atoms with van der Waals surface area (Å²) in [6.45, 7) is 4.05. The van der Waals surface area contributed by atoms with Crippen LogP contribution in [0.1, 0.15) is 46.0 Å². The molecule has 0 aromatic heterocycles. The molecule has 0 aliphatic heterocycles. The standard InChI is InChI=1S/C12H20N2O/c1-10(2)8-11(15)14(3)12(9-13)6-4-5-7-12/h10H,4-8H2,1-3H3. The quantitative estimate of drug-likeness (QED) is 0.714. The Bertz CT molecular complexity index is 272. The van der Waals surface area contributed by atoms with E-state index in [0.717, 1.165) is 25.7 Å². The van der Waals surface area contributed by atoms with Crippen LogP contribution in [0.15, 0.2) is 0 Å². The fourth-order valence-electron chi connectivity index (χ4n) is 2.21. The van der Waals surface area contributed by atoms with Gasteiger partial charge in [-0.3, -0.25) is 4.79 Å². The van der Waals surface area contributed by atoms with Crippen LogP contribution < -0.4 is 0 Å². The third kappa shape index (κ3) is 2.50. The lowest BCUT2D eigenvalue weighted by atomic mass is 9.96. The second kappa shape index (κ2) is 4.65. The summed E-state index contributed by atoms with van der Waals surface area (Å²) in [4.78, 5) is 13.6. The van der Waals surface area contributed by atoms with Crippen molar-refractivity contribution < 1.29 is 4.79 Å². The van der Waals surface area contributed by atoms with E-state index >= 15 is 0 Å². The topological polar surface area (TPSA) is 44.1 Å². The molecule has 84 valence electrons. The summed E-state index contributed by atoms with van der Waals surface area (Å²) >= 11 is 0. The van der Waals surface area contributed by atoms with Gasteiger partial charge in [-0.25, -0.2) is 0 Å². The van der Waals surface area contributed by atoms with Gasteiger partial charge in [-0.2, -0.15) is 5.26 Å². The van der Waals surface area contributed by atoms with Crippen LogP contribution in [-0.2, 0) is 4.79 Å². The van der Waals surface area contributed by atoms with Crippen LogP contribution in [0.3, 0.4) is 0 Å². The highest BCUT2D eigenvalue weighted by molar-refractivity contribution is 5.77. The average molecular weight is 208 g/mol. The molecule has 0 heterocycles.